The second-order valence-corrected chi connectivity index (χ2v) is 9.38. The Labute approximate surface area is 183 Å². The monoisotopic (exact) mass is 457 g/mol. The Bertz CT molecular complexity index is 1410. The second-order valence-electron chi connectivity index (χ2n) is 7.71. The molecule has 2 aromatic carbocycles. The number of nitriles is 1. The topological polar surface area (TPSA) is 117 Å². The average Bonchev–Trinajstić information content (AvgIpc) is 3.21. The van der Waals surface area contributed by atoms with Crippen molar-refractivity contribution >= 4 is 26.8 Å². The molecule has 1 atom stereocenters. The number of aryl methyl sites for hydroxylation is 1. The molecule has 0 saturated carbocycles. The third-order valence-electron chi connectivity index (χ3n) is 5.30. The van der Waals surface area contributed by atoms with Crippen LogP contribution in [-0.4, -0.2) is 35.4 Å². The summed E-state index contributed by atoms with van der Waals surface area (Å²) in [4.78, 5) is 16.5. The van der Waals surface area contributed by atoms with Crippen LogP contribution in [0.4, 0.5) is 10.1 Å². The predicted octanol–water partition coefficient (Wildman–Crippen LogP) is 2.74. The third-order valence-corrected chi connectivity index (χ3v) is 6.78. The smallest absolute Gasteiger partial charge is 0.301 e. The highest BCUT2D eigenvalue weighted by Crippen LogP contribution is 2.34. The van der Waals surface area contributed by atoms with Crippen molar-refractivity contribution in [2.75, 3.05) is 17.8 Å². The molecule has 0 amide bonds. The average molecular weight is 457 g/mol. The van der Waals surface area contributed by atoms with E-state index in [1.807, 2.05) is 13.0 Å². The summed E-state index contributed by atoms with van der Waals surface area (Å²) in [7, 11) is -2.37. The summed E-state index contributed by atoms with van der Waals surface area (Å²) in [6, 6.07) is 8.43. The van der Waals surface area contributed by atoms with Gasteiger partial charge in [0.15, 0.2) is 11.6 Å². The van der Waals surface area contributed by atoms with E-state index in [9.17, 15) is 22.9 Å². The van der Waals surface area contributed by atoms with Gasteiger partial charge in [0.1, 0.15) is 17.4 Å². The summed E-state index contributed by atoms with van der Waals surface area (Å²) < 4.78 is 50.6. The lowest BCUT2D eigenvalue weighted by Crippen LogP contribution is -2.34. The zero-order valence-electron chi connectivity index (χ0n) is 17.4. The molecule has 166 valence electrons. The fourth-order valence-electron chi connectivity index (χ4n) is 3.54. The Balaban J connectivity index is 1.71. The van der Waals surface area contributed by atoms with Gasteiger partial charge < -0.3 is 9.30 Å². The van der Waals surface area contributed by atoms with E-state index in [2.05, 4.69) is 9.71 Å². The predicted molar refractivity (Wildman–Crippen MR) is 116 cm³/mol. The maximum Gasteiger partial charge on any atom is 0.301 e. The largest absolute Gasteiger partial charge is 0.453 e. The molecule has 0 spiro atoms. The molecule has 1 aromatic heterocycles. The maximum atomic E-state index is 14.6. The lowest BCUT2D eigenvalue weighted by Gasteiger charge is -2.19. The lowest BCUT2D eigenvalue weighted by atomic mass is 10.1. The van der Waals surface area contributed by atoms with Crippen LogP contribution in [0.3, 0.4) is 0 Å². The number of ether oxygens (including phenoxy) is 1. The van der Waals surface area contributed by atoms with E-state index in [4.69, 9.17) is 4.74 Å². The number of anilines is 1. The van der Waals surface area contributed by atoms with Gasteiger partial charge in [0.05, 0.1) is 22.9 Å². The van der Waals surface area contributed by atoms with Gasteiger partial charge in [-0.3, -0.25) is 9.52 Å². The van der Waals surface area contributed by atoms with Crippen molar-refractivity contribution in [3.8, 4) is 17.6 Å². The molecular formula is C21H20FN5O4S. The van der Waals surface area contributed by atoms with Crippen LogP contribution in [-0.2, 0) is 17.3 Å². The molecule has 9 nitrogen and oxygen atoms in total. The van der Waals surface area contributed by atoms with Gasteiger partial charge in [-0.05, 0) is 42.7 Å². The summed E-state index contributed by atoms with van der Waals surface area (Å²) in [5, 5.41) is 9.91. The molecule has 4 rings (SSSR count). The van der Waals surface area contributed by atoms with Gasteiger partial charge >= 0.3 is 10.2 Å². The van der Waals surface area contributed by atoms with Crippen LogP contribution < -0.4 is 15.0 Å². The zero-order chi connectivity index (χ0) is 23.0. The molecule has 0 unspecified atom stereocenters. The standard InChI is InChI=1S/C21H20FN5O4S/c1-13-7-8-27(11-13)32(29,30)25-19-6-4-17(22)20(16(19)10-23)31-14-3-5-18-15(9-14)21(28)26(2)12-24-18/h3-6,9,12-13,25H,7-8,11H2,1-2H3/t13-/m0/s1. The summed E-state index contributed by atoms with van der Waals surface area (Å²) in [5.74, 6) is -0.961. The van der Waals surface area contributed by atoms with Crippen LogP contribution >= 0.6 is 0 Å². The van der Waals surface area contributed by atoms with Crippen molar-refractivity contribution in [3.05, 3.63) is 58.4 Å². The third kappa shape index (κ3) is 4.02. The van der Waals surface area contributed by atoms with E-state index in [1.165, 1.54) is 39.5 Å². The van der Waals surface area contributed by atoms with Crippen LogP contribution in [0, 0.1) is 23.1 Å². The van der Waals surface area contributed by atoms with Gasteiger partial charge in [0.25, 0.3) is 5.56 Å². The number of halogens is 1. The summed E-state index contributed by atoms with van der Waals surface area (Å²) >= 11 is 0. The van der Waals surface area contributed by atoms with E-state index in [0.29, 0.717) is 18.6 Å². The van der Waals surface area contributed by atoms with Crippen molar-refractivity contribution in [3.63, 3.8) is 0 Å². The highest BCUT2D eigenvalue weighted by molar-refractivity contribution is 7.90. The Hall–Kier alpha value is -3.49. The fourth-order valence-corrected chi connectivity index (χ4v) is 4.91. The molecular weight excluding hydrogens is 437 g/mol. The zero-order valence-corrected chi connectivity index (χ0v) is 18.2. The summed E-state index contributed by atoms with van der Waals surface area (Å²) in [6.07, 6.45) is 2.12. The minimum absolute atomic E-state index is 0.0955. The molecule has 1 saturated heterocycles. The first-order valence-electron chi connectivity index (χ1n) is 9.83. The van der Waals surface area contributed by atoms with Crippen LogP contribution in [0.1, 0.15) is 18.9 Å². The van der Waals surface area contributed by atoms with Crippen molar-refractivity contribution in [1.82, 2.24) is 13.9 Å². The molecule has 0 radical (unpaired) electrons. The van der Waals surface area contributed by atoms with E-state index in [0.717, 1.165) is 12.5 Å². The van der Waals surface area contributed by atoms with E-state index >= 15 is 0 Å². The number of fused-ring (bicyclic) bond motifs is 1. The molecule has 1 aliphatic rings. The summed E-state index contributed by atoms with van der Waals surface area (Å²) in [6.45, 7) is 2.68. The van der Waals surface area contributed by atoms with Crippen LogP contribution in [0.2, 0.25) is 0 Å². The quantitative estimate of drug-likeness (QED) is 0.630. The van der Waals surface area contributed by atoms with Crippen LogP contribution in [0.15, 0.2) is 41.5 Å². The Morgan fingerprint density at radius 2 is 2.09 bits per heavy atom. The summed E-state index contributed by atoms with van der Waals surface area (Å²) in [5.41, 5.74) is -0.285. The van der Waals surface area contributed by atoms with E-state index in [1.54, 1.807) is 7.05 Å². The highest BCUT2D eigenvalue weighted by Gasteiger charge is 2.30. The highest BCUT2D eigenvalue weighted by atomic mass is 32.2. The minimum atomic E-state index is -3.92. The first kappa shape index (κ1) is 21.7. The number of nitrogens with one attached hydrogen (secondary N) is 1. The SMILES string of the molecule is C[C@H]1CCN(S(=O)(=O)Nc2ccc(F)c(Oc3ccc4ncn(C)c(=O)c4c3)c2C#N)C1. The number of nitrogens with zero attached hydrogens (tertiary/aromatic N) is 4. The molecule has 2 heterocycles. The van der Waals surface area contributed by atoms with Gasteiger partial charge in [-0.1, -0.05) is 6.92 Å². The number of hydrogen-bond donors (Lipinski definition) is 1. The molecule has 0 bridgehead atoms. The van der Waals surface area contributed by atoms with Crippen molar-refractivity contribution in [1.29, 1.82) is 5.26 Å². The number of hydrogen-bond acceptors (Lipinski definition) is 6. The maximum absolute atomic E-state index is 14.6. The Kier molecular flexibility index (Phi) is 5.58. The molecule has 3 aromatic rings. The first-order valence-corrected chi connectivity index (χ1v) is 11.3. The van der Waals surface area contributed by atoms with Crippen molar-refractivity contribution in [2.45, 2.75) is 13.3 Å². The molecule has 0 aliphatic carbocycles. The number of rotatable bonds is 5. The first-order chi connectivity index (χ1) is 15.2. The van der Waals surface area contributed by atoms with Gasteiger partial charge in [-0.25, -0.2) is 9.37 Å². The second kappa shape index (κ2) is 8.22. The number of benzene rings is 2. The van der Waals surface area contributed by atoms with Crippen molar-refractivity contribution in [2.24, 2.45) is 13.0 Å². The minimum Gasteiger partial charge on any atom is -0.453 e. The fraction of sp³-hybridized carbons (Fsp3) is 0.286. The van der Waals surface area contributed by atoms with Crippen LogP contribution in [0.25, 0.3) is 10.9 Å². The molecule has 1 fully saturated rings. The van der Waals surface area contributed by atoms with Crippen molar-refractivity contribution < 1.29 is 17.5 Å². The normalized spacial score (nSPS) is 16.8. The van der Waals surface area contributed by atoms with Crippen LogP contribution in [0.5, 0.6) is 11.5 Å². The Morgan fingerprint density at radius 1 is 1.31 bits per heavy atom. The van der Waals surface area contributed by atoms with Gasteiger partial charge in [-0.2, -0.15) is 18.0 Å². The molecule has 1 aliphatic heterocycles. The molecule has 32 heavy (non-hydrogen) atoms. The van der Waals surface area contributed by atoms with Gasteiger partial charge in [0.2, 0.25) is 0 Å². The molecule has 1 N–H and O–H groups in total. The number of aromatic nitrogens is 2. The van der Waals surface area contributed by atoms with E-state index in [-0.39, 0.29) is 33.9 Å². The van der Waals surface area contributed by atoms with Gasteiger partial charge in [0, 0.05) is 20.1 Å². The Morgan fingerprint density at radius 3 is 2.78 bits per heavy atom. The molecule has 11 heteroatoms. The lowest BCUT2D eigenvalue weighted by molar-refractivity contribution is 0.441. The van der Waals surface area contributed by atoms with Gasteiger partial charge in [-0.15, -0.1) is 0 Å². The van der Waals surface area contributed by atoms with E-state index < -0.39 is 21.8 Å².